The molecule has 0 spiro atoms. The predicted molar refractivity (Wildman–Crippen MR) is 56.8 cm³/mol. The van der Waals surface area contributed by atoms with Crippen LogP contribution in [0.3, 0.4) is 0 Å². The Labute approximate surface area is 82.2 Å². The van der Waals surface area contributed by atoms with Crippen molar-refractivity contribution in [2.24, 2.45) is 5.92 Å². The van der Waals surface area contributed by atoms with Crippen LogP contribution < -0.4 is 0 Å². The van der Waals surface area contributed by atoms with Crippen molar-refractivity contribution in [3.8, 4) is 0 Å². The van der Waals surface area contributed by atoms with E-state index >= 15 is 0 Å². The Bertz CT molecular complexity index is 191. The highest BCUT2D eigenvalue weighted by molar-refractivity contribution is 5.21. The minimum atomic E-state index is 0.416. The van der Waals surface area contributed by atoms with Gasteiger partial charge in [0.05, 0.1) is 6.10 Å². The summed E-state index contributed by atoms with van der Waals surface area (Å²) in [7, 11) is 0. The van der Waals surface area contributed by atoms with E-state index in [0.717, 1.165) is 6.61 Å². The van der Waals surface area contributed by atoms with Crippen molar-refractivity contribution < 1.29 is 4.74 Å². The van der Waals surface area contributed by atoms with Gasteiger partial charge in [0.1, 0.15) is 0 Å². The molecule has 13 heavy (non-hydrogen) atoms. The Morgan fingerprint density at radius 3 is 2.69 bits per heavy atom. The molecule has 0 aromatic heterocycles. The molecule has 0 bridgehead atoms. The summed E-state index contributed by atoms with van der Waals surface area (Å²) in [6, 6.07) is 0. The van der Waals surface area contributed by atoms with Crippen LogP contribution in [0.25, 0.3) is 0 Å². The van der Waals surface area contributed by atoms with Crippen LogP contribution in [-0.4, -0.2) is 12.7 Å². The first-order valence-corrected chi connectivity index (χ1v) is 5.48. The van der Waals surface area contributed by atoms with E-state index < -0.39 is 0 Å². The summed E-state index contributed by atoms with van der Waals surface area (Å²) in [6.45, 7) is 9.74. The predicted octanol–water partition coefficient (Wildman–Crippen LogP) is 3.55. The van der Waals surface area contributed by atoms with Gasteiger partial charge in [-0.05, 0) is 44.6 Å². The van der Waals surface area contributed by atoms with Gasteiger partial charge in [0.2, 0.25) is 0 Å². The van der Waals surface area contributed by atoms with E-state index in [4.69, 9.17) is 4.74 Å². The van der Waals surface area contributed by atoms with Gasteiger partial charge in [0.15, 0.2) is 0 Å². The molecule has 1 unspecified atom stereocenters. The van der Waals surface area contributed by atoms with E-state index in [9.17, 15) is 0 Å². The van der Waals surface area contributed by atoms with Crippen LogP contribution in [0.5, 0.6) is 0 Å². The maximum Gasteiger partial charge on any atom is 0.0790 e. The van der Waals surface area contributed by atoms with Crippen molar-refractivity contribution in [2.45, 2.75) is 53.1 Å². The Morgan fingerprint density at radius 1 is 1.46 bits per heavy atom. The zero-order valence-electron chi connectivity index (χ0n) is 9.39. The maximum atomic E-state index is 5.77. The van der Waals surface area contributed by atoms with Crippen molar-refractivity contribution in [2.75, 3.05) is 6.61 Å². The van der Waals surface area contributed by atoms with E-state index in [1.54, 1.807) is 11.1 Å². The molecule has 76 valence electrons. The molecule has 0 saturated heterocycles. The fourth-order valence-corrected chi connectivity index (χ4v) is 2.37. The Kier molecular flexibility index (Phi) is 3.98. The lowest BCUT2D eigenvalue weighted by Gasteiger charge is -2.29. The lowest BCUT2D eigenvalue weighted by atomic mass is 9.84. The van der Waals surface area contributed by atoms with E-state index in [0.29, 0.717) is 12.0 Å². The molecule has 0 aliphatic heterocycles. The van der Waals surface area contributed by atoms with Crippen LogP contribution in [0.1, 0.15) is 47.0 Å². The minimum Gasteiger partial charge on any atom is -0.374 e. The highest BCUT2D eigenvalue weighted by Gasteiger charge is 2.23. The number of ether oxygens (including phenoxy) is 1. The minimum absolute atomic E-state index is 0.416. The maximum absolute atomic E-state index is 5.77. The lowest BCUT2D eigenvalue weighted by molar-refractivity contribution is 0.0696. The van der Waals surface area contributed by atoms with Crippen molar-refractivity contribution in [3.63, 3.8) is 0 Å². The van der Waals surface area contributed by atoms with Gasteiger partial charge in [-0.3, -0.25) is 0 Å². The largest absolute Gasteiger partial charge is 0.374 e. The molecule has 1 atom stereocenters. The topological polar surface area (TPSA) is 9.23 Å². The monoisotopic (exact) mass is 182 g/mol. The average molecular weight is 182 g/mol. The summed E-state index contributed by atoms with van der Waals surface area (Å²) in [5.41, 5.74) is 3.13. The van der Waals surface area contributed by atoms with Gasteiger partial charge >= 0.3 is 0 Å². The number of rotatable bonds is 3. The molecule has 0 aromatic rings. The molecule has 0 aromatic carbocycles. The molecule has 0 N–H and O–H groups in total. The first kappa shape index (κ1) is 10.8. The molecule has 0 radical (unpaired) electrons. The quantitative estimate of drug-likeness (QED) is 0.606. The van der Waals surface area contributed by atoms with E-state index in [-0.39, 0.29) is 0 Å². The van der Waals surface area contributed by atoms with Crippen molar-refractivity contribution in [3.05, 3.63) is 11.1 Å². The second-order valence-corrected chi connectivity index (χ2v) is 4.23. The van der Waals surface area contributed by atoms with E-state index in [2.05, 4.69) is 27.7 Å². The Morgan fingerprint density at radius 2 is 2.15 bits per heavy atom. The highest BCUT2D eigenvalue weighted by atomic mass is 16.5. The van der Waals surface area contributed by atoms with Crippen molar-refractivity contribution in [1.29, 1.82) is 0 Å². The SMILES string of the molecule is CCOC1CCCC(C)=C1C(C)C. The van der Waals surface area contributed by atoms with Gasteiger partial charge in [-0.25, -0.2) is 0 Å². The van der Waals surface area contributed by atoms with Crippen LogP contribution in [0.15, 0.2) is 11.1 Å². The molecule has 1 nitrogen and oxygen atoms in total. The number of hydrogen-bond donors (Lipinski definition) is 0. The highest BCUT2D eigenvalue weighted by Crippen LogP contribution is 2.31. The molecule has 0 fully saturated rings. The van der Waals surface area contributed by atoms with Crippen molar-refractivity contribution >= 4 is 0 Å². The molecule has 0 heterocycles. The summed E-state index contributed by atoms with van der Waals surface area (Å²) in [6.07, 6.45) is 4.21. The standard InChI is InChI=1S/C12H22O/c1-5-13-11-8-6-7-10(4)12(11)9(2)3/h9,11H,5-8H2,1-4H3. The zero-order valence-corrected chi connectivity index (χ0v) is 9.39. The fraction of sp³-hybridized carbons (Fsp3) is 0.833. The van der Waals surface area contributed by atoms with Crippen LogP contribution in [0.2, 0.25) is 0 Å². The first-order chi connectivity index (χ1) is 6.16. The molecule has 1 heteroatoms. The third-order valence-electron chi connectivity index (χ3n) is 2.85. The van der Waals surface area contributed by atoms with Crippen LogP contribution in [0.4, 0.5) is 0 Å². The van der Waals surface area contributed by atoms with Crippen LogP contribution in [0, 0.1) is 5.92 Å². The summed E-state index contributed by atoms with van der Waals surface area (Å²) < 4.78 is 5.77. The molecule has 1 aliphatic carbocycles. The molecule has 1 rings (SSSR count). The summed E-state index contributed by atoms with van der Waals surface area (Å²) >= 11 is 0. The number of allylic oxidation sites excluding steroid dienone is 1. The molecule has 0 saturated carbocycles. The average Bonchev–Trinajstić information content (AvgIpc) is 2.04. The van der Waals surface area contributed by atoms with Crippen LogP contribution >= 0.6 is 0 Å². The van der Waals surface area contributed by atoms with Crippen LogP contribution in [-0.2, 0) is 4.74 Å². The third-order valence-corrected chi connectivity index (χ3v) is 2.85. The van der Waals surface area contributed by atoms with Gasteiger partial charge in [-0.2, -0.15) is 0 Å². The smallest absolute Gasteiger partial charge is 0.0790 e. The van der Waals surface area contributed by atoms with Gasteiger partial charge in [-0.1, -0.05) is 19.4 Å². The van der Waals surface area contributed by atoms with Gasteiger partial charge in [0.25, 0.3) is 0 Å². The van der Waals surface area contributed by atoms with Gasteiger partial charge in [-0.15, -0.1) is 0 Å². The fourth-order valence-electron chi connectivity index (χ4n) is 2.37. The first-order valence-electron chi connectivity index (χ1n) is 5.48. The zero-order chi connectivity index (χ0) is 9.84. The second-order valence-electron chi connectivity index (χ2n) is 4.23. The molecular formula is C12H22O. The van der Waals surface area contributed by atoms with Gasteiger partial charge < -0.3 is 4.74 Å². The summed E-state index contributed by atoms with van der Waals surface area (Å²) in [5.74, 6) is 0.650. The second kappa shape index (κ2) is 4.80. The molecule has 1 aliphatic rings. The summed E-state index contributed by atoms with van der Waals surface area (Å²) in [5, 5.41) is 0. The summed E-state index contributed by atoms with van der Waals surface area (Å²) in [4.78, 5) is 0. The Balaban J connectivity index is 2.77. The lowest BCUT2D eigenvalue weighted by Crippen LogP contribution is -2.23. The number of hydrogen-bond acceptors (Lipinski definition) is 1. The molecular weight excluding hydrogens is 160 g/mol. The van der Waals surface area contributed by atoms with Gasteiger partial charge in [0, 0.05) is 6.61 Å². The van der Waals surface area contributed by atoms with E-state index in [1.807, 2.05) is 0 Å². The molecule has 0 amide bonds. The normalized spacial score (nSPS) is 24.2. The van der Waals surface area contributed by atoms with Crippen molar-refractivity contribution in [1.82, 2.24) is 0 Å². The van der Waals surface area contributed by atoms with E-state index in [1.165, 1.54) is 19.3 Å². The third kappa shape index (κ3) is 2.57. The Hall–Kier alpha value is -0.300.